The van der Waals surface area contributed by atoms with E-state index in [1.165, 1.54) is 110 Å². The van der Waals surface area contributed by atoms with Crippen molar-refractivity contribution in [2.24, 2.45) is 0 Å². The minimum atomic E-state index is 1.10. The Balaban J connectivity index is 0.000000155. The van der Waals surface area contributed by atoms with Gasteiger partial charge < -0.3 is 19.6 Å². The zero-order valence-electron chi connectivity index (χ0n) is 64.0. The van der Waals surface area contributed by atoms with E-state index in [2.05, 4.69) is 505 Å². The van der Waals surface area contributed by atoms with Gasteiger partial charge in [0, 0.05) is 68.2 Å². The van der Waals surface area contributed by atoms with Crippen molar-refractivity contribution in [1.29, 1.82) is 0 Å². The molecule has 0 spiro atoms. The number of benzene rings is 20. The van der Waals surface area contributed by atoms with Crippen molar-refractivity contribution in [2.45, 2.75) is 0 Å². The molecule has 0 fully saturated rings. The monoisotopic (exact) mass is 1480 g/mol. The quantitative estimate of drug-likeness (QED) is 0.0849. The Labute approximate surface area is 678 Å². The van der Waals surface area contributed by atoms with Crippen LogP contribution in [0.1, 0.15) is 0 Å². The first-order valence-electron chi connectivity index (χ1n) is 39.7. The number of anilines is 12. The van der Waals surface area contributed by atoms with Gasteiger partial charge in [0.25, 0.3) is 0 Å². The van der Waals surface area contributed by atoms with Gasteiger partial charge in [0.1, 0.15) is 0 Å². The van der Waals surface area contributed by atoms with Gasteiger partial charge in [0.15, 0.2) is 0 Å². The van der Waals surface area contributed by atoms with Crippen LogP contribution >= 0.6 is 0 Å². The van der Waals surface area contributed by atoms with Crippen LogP contribution < -0.4 is 19.6 Å². The van der Waals surface area contributed by atoms with Crippen molar-refractivity contribution < 1.29 is 0 Å². The highest BCUT2D eigenvalue weighted by Crippen LogP contribution is 2.44. The Morgan fingerprint density at radius 2 is 0.233 bits per heavy atom. The van der Waals surface area contributed by atoms with Gasteiger partial charge in [-0.05, 0) is 255 Å². The van der Waals surface area contributed by atoms with Crippen LogP contribution in [0.2, 0.25) is 0 Å². The van der Waals surface area contributed by atoms with Gasteiger partial charge >= 0.3 is 0 Å². The fourth-order valence-electron chi connectivity index (χ4n) is 16.4. The second kappa shape index (κ2) is 32.5. The summed E-state index contributed by atoms with van der Waals surface area (Å²) in [4.78, 5) is 9.29. The standard InChI is InChI=1S/2C56H40N2/c2*1-3-17-47(18-4-1)57(51-37-29-45(30-38-51)55-23-11-15-43-13-7-9-21-53(43)55)49-33-25-41(26-34-49)42-27-35-50(36-28-42)58(48-19-5-2-6-20-48)52-39-31-46(32-40-52)56-24-12-16-44-14-8-10-22-54(44)56/h2*1-40H. The van der Waals surface area contributed by atoms with Crippen LogP contribution in [-0.2, 0) is 0 Å². The van der Waals surface area contributed by atoms with Crippen molar-refractivity contribution in [2.75, 3.05) is 19.6 Å². The molecule has 20 rings (SSSR count). The highest BCUT2D eigenvalue weighted by molar-refractivity contribution is 6.01. The molecule has 0 heterocycles. The topological polar surface area (TPSA) is 13.0 Å². The van der Waals surface area contributed by atoms with E-state index in [4.69, 9.17) is 0 Å². The molecule has 0 aliphatic heterocycles. The first-order chi connectivity index (χ1) is 57.5. The Morgan fingerprint density at radius 1 is 0.0948 bits per heavy atom. The molecule has 0 aliphatic carbocycles. The number of fused-ring (bicyclic) bond motifs is 4. The molecule has 4 heteroatoms. The van der Waals surface area contributed by atoms with Crippen LogP contribution in [0.3, 0.4) is 0 Å². The number of nitrogens with zero attached hydrogens (tertiary/aromatic N) is 4. The molecule has 0 saturated carbocycles. The van der Waals surface area contributed by atoms with E-state index in [1.807, 2.05) is 0 Å². The molecule has 548 valence electrons. The van der Waals surface area contributed by atoms with Crippen molar-refractivity contribution in [3.8, 4) is 66.8 Å². The molecule has 0 amide bonds. The van der Waals surface area contributed by atoms with Crippen molar-refractivity contribution in [3.05, 3.63) is 485 Å². The third kappa shape index (κ3) is 14.7. The van der Waals surface area contributed by atoms with Crippen LogP contribution in [0, 0.1) is 0 Å². The van der Waals surface area contributed by atoms with Gasteiger partial charge in [0.05, 0.1) is 0 Å². The molecule has 0 aromatic heterocycles. The number of para-hydroxylation sites is 4. The predicted octanol–water partition coefficient (Wildman–Crippen LogP) is 31.9. The second-order valence-corrected chi connectivity index (χ2v) is 29.2. The summed E-state index contributed by atoms with van der Waals surface area (Å²) in [6.45, 7) is 0. The summed E-state index contributed by atoms with van der Waals surface area (Å²) in [5.41, 5.74) is 27.8. The molecule has 0 radical (unpaired) electrons. The average molecular weight is 1480 g/mol. The Hall–Kier alpha value is -15.4. The Kier molecular flexibility index (Phi) is 19.9. The van der Waals surface area contributed by atoms with Crippen LogP contribution in [-0.4, -0.2) is 0 Å². The van der Waals surface area contributed by atoms with Gasteiger partial charge in [-0.2, -0.15) is 0 Å². The zero-order valence-corrected chi connectivity index (χ0v) is 64.0. The van der Waals surface area contributed by atoms with Crippen LogP contribution in [0.25, 0.3) is 110 Å². The SMILES string of the molecule is c1ccc(N(c2ccc(-c3ccc(N(c4ccccc4)c4ccc(-c5cccc6ccccc56)cc4)cc3)cc2)c2ccc(-c3cccc4ccccc34)cc2)cc1.c1ccc(N(c2ccc(-c3ccc(N(c4ccccc4)c4ccc(-c5cccc6ccccc56)cc4)cc3)cc2)c2ccc(-c3cccc4ccccc34)cc2)cc1. The summed E-state index contributed by atoms with van der Waals surface area (Å²) in [6.07, 6.45) is 0. The van der Waals surface area contributed by atoms with E-state index >= 15 is 0 Å². The molecule has 0 saturated heterocycles. The number of hydrogen-bond acceptors (Lipinski definition) is 4. The smallest absolute Gasteiger partial charge is 0.0462 e. The molecule has 116 heavy (non-hydrogen) atoms. The lowest BCUT2D eigenvalue weighted by molar-refractivity contribution is 1.28. The average Bonchev–Trinajstić information content (AvgIpc) is 0.795. The summed E-state index contributed by atoms with van der Waals surface area (Å²) in [6, 6.07) is 174. The lowest BCUT2D eigenvalue weighted by Crippen LogP contribution is -2.10. The lowest BCUT2D eigenvalue weighted by atomic mass is 9.98. The normalized spacial score (nSPS) is 11.1. The van der Waals surface area contributed by atoms with Gasteiger partial charge in [-0.1, -0.05) is 340 Å². The van der Waals surface area contributed by atoms with Gasteiger partial charge in [-0.25, -0.2) is 0 Å². The minimum Gasteiger partial charge on any atom is -0.311 e. The number of rotatable bonds is 18. The first-order valence-corrected chi connectivity index (χ1v) is 39.7. The molecular formula is C112H80N4. The van der Waals surface area contributed by atoms with Crippen molar-refractivity contribution in [1.82, 2.24) is 0 Å². The van der Waals surface area contributed by atoms with E-state index < -0.39 is 0 Å². The Morgan fingerprint density at radius 3 is 0.414 bits per heavy atom. The molecule has 0 atom stereocenters. The Bertz CT molecular complexity index is 5890. The van der Waals surface area contributed by atoms with E-state index in [-0.39, 0.29) is 0 Å². The van der Waals surface area contributed by atoms with Crippen molar-refractivity contribution >= 4 is 111 Å². The van der Waals surface area contributed by atoms with Gasteiger partial charge in [-0.3, -0.25) is 0 Å². The summed E-state index contributed by atoms with van der Waals surface area (Å²) >= 11 is 0. The fraction of sp³-hybridized carbons (Fsp3) is 0. The highest BCUT2D eigenvalue weighted by atomic mass is 15.2. The predicted molar refractivity (Wildman–Crippen MR) is 494 cm³/mol. The van der Waals surface area contributed by atoms with E-state index in [0.717, 1.165) is 68.2 Å². The maximum atomic E-state index is 2.32. The second-order valence-electron chi connectivity index (χ2n) is 29.2. The highest BCUT2D eigenvalue weighted by Gasteiger charge is 2.20. The summed E-state index contributed by atoms with van der Waals surface area (Å²) in [5, 5.41) is 10.1. The van der Waals surface area contributed by atoms with Crippen LogP contribution in [0.5, 0.6) is 0 Å². The van der Waals surface area contributed by atoms with E-state index in [1.54, 1.807) is 0 Å². The molecule has 20 aromatic rings. The zero-order chi connectivity index (χ0) is 77.4. The van der Waals surface area contributed by atoms with Gasteiger partial charge in [0.2, 0.25) is 0 Å². The fourth-order valence-corrected chi connectivity index (χ4v) is 16.4. The van der Waals surface area contributed by atoms with E-state index in [9.17, 15) is 0 Å². The van der Waals surface area contributed by atoms with Crippen LogP contribution in [0.4, 0.5) is 68.2 Å². The van der Waals surface area contributed by atoms with Gasteiger partial charge in [-0.15, -0.1) is 0 Å². The molecular weight excluding hydrogens is 1400 g/mol. The largest absolute Gasteiger partial charge is 0.311 e. The third-order valence-corrected chi connectivity index (χ3v) is 22.1. The minimum absolute atomic E-state index is 1.10. The van der Waals surface area contributed by atoms with Crippen LogP contribution in [0.15, 0.2) is 485 Å². The maximum Gasteiger partial charge on any atom is 0.0462 e. The summed E-state index contributed by atoms with van der Waals surface area (Å²) in [5.74, 6) is 0. The third-order valence-electron chi connectivity index (χ3n) is 22.1. The molecule has 0 aliphatic rings. The molecule has 4 nitrogen and oxygen atoms in total. The summed E-state index contributed by atoms with van der Waals surface area (Å²) < 4.78 is 0. The lowest BCUT2D eigenvalue weighted by Gasteiger charge is -2.26. The number of hydrogen-bond donors (Lipinski definition) is 0. The molecule has 20 aromatic carbocycles. The molecule has 0 unspecified atom stereocenters. The first kappa shape index (κ1) is 71.0. The molecule has 0 N–H and O–H groups in total. The summed E-state index contributed by atoms with van der Waals surface area (Å²) in [7, 11) is 0. The molecule has 0 bridgehead atoms. The van der Waals surface area contributed by atoms with Crippen molar-refractivity contribution in [3.63, 3.8) is 0 Å². The van der Waals surface area contributed by atoms with E-state index in [0.29, 0.717) is 0 Å². The maximum absolute atomic E-state index is 2.32.